The summed E-state index contributed by atoms with van der Waals surface area (Å²) in [6.45, 7) is 12.9. The van der Waals surface area contributed by atoms with E-state index in [-0.39, 0.29) is 34.9 Å². The first kappa shape index (κ1) is 21.4. The lowest BCUT2D eigenvalue weighted by atomic mass is 10.0. The van der Waals surface area contributed by atoms with Crippen LogP contribution in [0.5, 0.6) is 0 Å². The standard InChI is InChI=1S/C20H32O4Si/c1-15(2)25(16(3)4,24-19(23)13-12-18(21)22)20(5,6)14-17-10-8-7-9-11-17/h7-11,15-16H,12-14H2,1-6H3,(H,21,22). The molecule has 0 spiro atoms. The molecule has 0 fully saturated rings. The van der Waals surface area contributed by atoms with Crippen molar-refractivity contribution in [1.29, 1.82) is 0 Å². The van der Waals surface area contributed by atoms with Gasteiger partial charge in [-0.25, -0.2) is 0 Å². The van der Waals surface area contributed by atoms with E-state index in [0.29, 0.717) is 0 Å². The van der Waals surface area contributed by atoms with E-state index in [1.165, 1.54) is 5.56 Å². The first-order valence-electron chi connectivity index (χ1n) is 9.00. The predicted molar refractivity (Wildman–Crippen MR) is 103 cm³/mol. The van der Waals surface area contributed by atoms with Gasteiger partial charge in [0.1, 0.15) is 0 Å². The molecule has 0 aromatic heterocycles. The molecule has 5 heteroatoms. The highest BCUT2D eigenvalue weighted by molar-refractivity contribution is 6.80. The summed E-state index contributed by atoms with van der Waals surface area (Å²) < 4.78 is 6.19. The lowest BCUT2D eigenvalue weighted by molar-refractivity contribution is -0.143. The number of benzene rings is 1. The smallest absolute Gasteiger partial charge is 0.303 e. The van der Waals surface area contributed by atoms with E-state index in [1.807, 2.05) is 18.2 Å². The first-order valence-corrected chi connectivity index (χ1v) is 11.1. The zero-order chi connectivity index (χ0) is 19.3. The van der Waals surface area contributed by atoms with Gasteiger partial charge in [-0.2, -0.15) is 0 Å². The third kappa shape index (κ3) is 5.17. The van der Waals surface area contributed by atoms with Crippen LogP contribution in [0.15, 0.2) is 30.3 Å². The van der Waals surface area contributed by atoms with Crippen LogP contribution in [0.4, 0.5) is 0 Å². The molecule has 4 nitrogen and oxygen atoms in total. The minimum atomic E-state index is -2.54. The van der Waals surface area contributed by atoms with Crippen LogP contribution in [0.3, 0.4) is 0 Å². The SMILES string of the molecule is CC(C)[Si](OC(=O)CCC(=O)O)(C(C)C)C(C)(C)Cc1ccccc1. The lowest BCUT2D eigenvalue weighted by Gasteiger charge is -2.49. The molecule has 0 heterocycles. The van der Waals surface area contributed by atoms with Crippen molar-refractivity contribution in [3.05, 3.63) is 35.9 Å². The van der Waals surface area contributed by atoms with Gasteiger partial charge in [0.15, 0.2) is 0 Å². The van der Waals surface area contributed by atoms with Crippen molar-refractivity contribution in [3.8, 4) is 0 Å². The van der Waals surface area contributed by atoms with Crippen molar-refractivity contribution in [1.82, 2.24) is 0 Å². The molecular weight excluding hydrogens is 332 g/mol. The Balaban J connectivity index is 3.16. The van der Waals surface area contributed by atoms with E-state index in [4.69, 9.17) is 9.53 Å². The summed E-state index contributed by atoms with van der Waals surface area (Å²) in [5.41, 5.74) is 1.70. The molecule has 0 saturated heterocycles. The molecule has 0 aliphatic carbocycles. The summed E-state index contributed by atoms with van der Waals surface area (Å²) in [7, 11) is -2.54. The fourth-order valence-electron chi connectivity index (χ4n) is 4.30. The summed E-state index contributed by atoms with van der Waals surface area (Å²) >= 11 is 0. The molecular formula is C20H32O4Si. The van der Waals surface area contributed by atoms with Gasteiger partial charge in [-0.15, -0.1) is 0 Å². The lowest BCUT2D eigenvalue weighted by Crippen LogP contribution is -2.55. The molecule has 140 valence electrons. The topological polar surface area (TPSA) is 63.6 Å². The predicted octanol–water partition coefficient (Wildman–Crippen LogP) is 5.18. The minimum absolute atomic E-state index is 0.0645. The van der Waals surface area contributed by atoms with Crippen LogP contribution >= 0.6 is 0 Å². The maximum Gasteiger partial charge on any atom is 0.303 e. The van der Waals surface area contributed by atoms with Gasteiger partial charge in [-0.05, 0) is 28.1 Å². The maximum absolute atomic E-state index is 12.4. The van der Waals surface area contributed by atoms with Crippen LogP contribution in [0.25, 0.3) is 0 Å². The van der Waals surface area contributed by atoms with Gasteiger partial charge in [0.25, 0.3) is 14.3 Å². The van der Waals surface area contributed by atoms with Gasteiger partial charge >= 0.3 is 5.97 Å². The maximum atomic E-state index is 12.4. The second kappa shape index (κ2) is 8.65. The number of aliphatic carboxylic acids is 1. The van der Waals surface area contributed by atoms with Crippen LogP contribution in [0, 0.1) is 0 Å². The summed E-state index contributed by atoms with van der Waals surface area (Å²) in [4.78, 5) is 23.2. The van der Waals surface area contributed by atoms with Crippen molar-refractivity contribution in [2.45, 2.75) is 76.9 Å². The third-order valence-corrected chi connectivity index (χ3v) is 11.4. The zero-order valence-corrected chi connectivity index (χ0v) is 17.3. The van der Waals surface area contributed by atoms with Gasteiger partial charge in [0.2, 0.25) is 0 Å². The highest BCUT2D eigenvalue weighted by Gasteiger charge is 2.56. The van der Waals surface area contributed by atoms with Crippen LogP contribution in [0.2, 0.25) is 16.1 Å². The largest absolute Gasteiger partial charge is 0.518 e. The normalized spacial score (nSPS) is 12.5. The Morgan fingerprint density at radius 2 is 1.56 bits per heavy atom. The third-order valence-electron chi connectivity index (χ3n) is 5.09. The van der Waals surface area contributed by atoms with Crippen molar-refractivity contribution in [2.24, 2.45) is 0 Å². The zero-order valence-electron chi connectivity index (χ0n) is 16.3. The van der Waals surface area contributed by atoms with Crippen LogP contribution in [-0.2, 0) is 20.4 Å². The molecule has 0 amide bonds. The molecule has 0 aliphatic heterocycles. The Bertz CT molecular complexity index is 571. The molecule has 0 unspecified atom stereocenters. The molecule has 0 radical (unpaired) electrons. The second-order valence-electron chi connectivity index (χ2n) is 8.02. The Labute approximate surface area is 152 Å². The van der Waals surface area contributed by atoms with Crippen LogP contribution in [0.1, 0.15) is 59.9 Å². The monoisotopic (exact) mass is 364 g/mol. The number of carboxylic acid groups (broad SMARTS) is 1. The number of carbonyl (C=O) groups excluding carboxylic acids is 1. The fraction of sp³-hybridized carbons (Fsp3) is 0.600. The van der Waals surface area contributed by atoms with E-state index >= 15 is 0 Å². The first-order chi connectivity index (χ1) is 11.5. The van der Waals surface area contributed by atoms with Gasteiger partial charge in [-0.3, -0.25) is 9.59 Å². The molecule has 0 saturated carbocycles. The van der Waals surface area contributed by atoms with Crippen molar-refractivity contribution in [3.63, 3.8) is 0 Å². The average Bonchev–Trinajstić information content (AvgIpc) is 2.50. The van der Waals surface area contributed by atoms with Gasteiger partial charge < -0.3 is 9.53 Å². The Morgan fingerprint density at radius 1 is 1.04 bits per heavy atom. The molecule has 1 aromatic carbocycles. The second-order valence-corrected chi connectivity index (χ2v) is 13.5. The molecule has 1 aromatic rings. The summed E-state index contributed by atoms with van der Waals surface area (Å²) in [5, 5.41) is 8.67. The van der Waals surface area contributed by atoms with E-state index in [0.717, 1.165) is 6.42 Å². The molecule has 0 atom stereocenters. The number of hydrogen-bond acceptors (Lipinski definition) is 3. The van der Waals surface area contributed by atoms with E-state index in [2.05, 4.69) is 53.7 Å². The van der Waals surface area contributed by atoms with Gasteiger partial charge in [-0.1, -0.05) is 71.9 Å². The average molecular weight is 365 g/mol. The Morgan fingerprint density at radius 3 is 2.00 bits per heavy atom. The summed E-state index contributed by atoms with van der Waals surface area (Å²) in [6.07, 6.45) is 0.589. The molecule has 0 aliphatic rings. The van der Waals surface area contributed by atoms with Gasteiger partial charge in [0.05, 0.1) is 12.8 Å². The number of carbonyl (C=O) groups is 2. The highest BCUT2D eigenvalue weighted by Crippen LogP contribution is 2.53. The Kier molecular flexibility index (Phi) is 7.41. The fourth-order valence-corrected chi connectivity index (χ4v) is 10.5. The number of rotatable bonds is 9. The number of carboxylic acids is 1. The van der Waals surface area contributed by atoms with Crippen molar-refractivity contribution < 1.29 is 19.1 Å². The Hall–Kier alpha value is -1.62. The summed E-state index contributed by atoms with van der Waals surface area (Å²) in [5.74, 6) is -1.35. The molecule has 1 rings (SSSR count). The van der Waals surface area contributed by atoms with E-state index < -0.39 is 14.3 Å². The minimum Gasteiger partial charge on any atom is -0.518 e. The van der Waals surface area contributed by atoms with E-state index in [9.17, 15) is 9.59 Å². The van der Waals surface area contributed by atoms with E-state index in [1.54, 1.807) is 0 Å². The highest BCUT2D eigenvalue weighted by atomic mass is 28.4. The van der Waals surface area contributed by atoms with Crippen LogP contribution in [-0.4, -0.2) is 25.4 Å². The van der Waals surface area contributed by atoms with Crippen molar-refractivity contribution >= 4 is 20.3 Å². The quantitative estimate of drug-likeness (QED) is 0.613. The summed E-state index contributed by atoms with van der Waals surface area (Å²) in [6, 6.07) is 10.3. The van der Waals surface area contributed by atoms with Gasteiger partial charge in [0, 0.05) is 0 Å². The van der Waals surface area contributed by atoms with Crippen LogP contribution < -0.4 is 0 Å². The number of hydrogen-bond donors (Lipinski definition) is 1. The molecule has 1 N–H and O–H groups in total. The molecule has 25 heavy (non-hydrogen) atoms. The molecule has 0 bridgehead atoms. The van der Waals surface area contributed by atoms with Crippen molar-refractivity contribution in [2.75, 3.05) is 0 Å².